The summed E-state index contributed by atoms with van der Waals surface area (Å²) in [5, 5.41) is 0. The average molecular weight is 231 g/mol. The molecule has 0 atom stereocenters. The van der Waals surface area contributed by atoms with Gasteiger partial charge in [-0.15, -0.1) is 0 Å². The first-order valence-corrected chi connectivity index (χ1v) is 4.29. The van der Waals surface area contributed by atoms with Gasteiger partial charge in [-0.25, -0.2) is 0 Å². The maximum Gasteiger partial charge on any atom is 0.422 e. The summed E-state index contributed by atoms with van der Waals surface area (Å²) in [5.74, 6) is 0.0994. The van der Waals surface area contributed by atoms with Crippen LogP contribution in [-0.4, -0.2) is 25.3 Å². The summed E-state index contributed by atoms with van der Waals surface area (Å²) in [7, 11) is 0. The maximum absolute atomic E-state index is 11.8. The van der Waals surface area contributed by atoms with Gasteiger partial charge in [0.25, 0.3) is 0 Å². The Morgan fingerprint density at radius 2 is 1.88 bits per heavy atom. The van der Waals surface area contributed by atoms with Crippen LogP contribution >= 0.6 is 0 Å². The molecule has 0 N–H and O–H groups in total. The van der Waals surface area contributed by atoms with Crippen molar-refractivity contribution in [1.29, 1.82) is 0 Å². The predicted molar refractivity (Wildman–Crippen MR) is 52.2 cm³/mol. The highest BCUT2D eigenvalue weighted by Crippen LogP contribution is 2.21. The molecule has 0 heterocycles. The van der Waals surface area contributed by atoms with Crippen molar-refractivity contribution in [2.75, 3.05) is 6.61 Å². The highest BCUT2D eigenvalue weighted by atomic mass is 19.4. The SMILES string of the molecule is O=CC=Nc1ccc(OCC(F)(F)F)cc1. The van der Waals surface area contributed by atoms with Crippen LogP contribution < -0.4 is 4.74 Å². The Bertz CT molecular complexity index is 371. The minimum absolute atomic E-state index is 0.0994. The molecule has 0 amide bonds. The fourth-order valence-corrected chi connectivity index (χ4v) is 0.910. The number of nitrogens with zero attached hydrogens (tertiary/aromatic N) is 1. The van der Waals surface area contributed by atoms with Crippen molar-refractivity contribution in [2.45, 2.75) is 6.18 Å². The molecule has 0 bridgehead atoms. The van der Waals surface area contributed by atoms with Crippen LogP contribution in [0.3, 0.4) is 0 Å². The Hall–Kier alpha value is -1.85. The molecule has 0 unspecified atom stereocenters. The molecule has 0 fully saturated rings. The third kappa shape index (κ3) is 4.59. The minimum Gasteiger partial charge on any atom is -0.484 e. The molecule has 86 valence electrons. The van der Waals surface area contributed by atoms with Crippen molar-refractivity contribution in [1.82, 2.24) is 0 Å². The van der Waals surface area contributed by atoms with E-state index in [0.717, 1.165) is 6.21 Å². The summed E-state index contributed by atoms with van der Waals surface area (Å²) in [6, 6.07) is 5.60. The van der Waals surface area contributed by atoms with Crippen molar-refractivity contribution >= 4 is 18.2 Å². The van der Waals surface area contributed by atoms with Crippen LogP contribution in [-0.2, 0) is 4.79 Å². The monoisotopic (exact) mass is 231 g/mol. The van der Waals surface area contributed by atoms with E-state index >= 15 is 0 Å². The fraction of sp³-hybridized carbons (Fsp3) is 0.200. The third-order valence-corrected chi connectivity index (χ3v) is 1.52. The van der Waals surface area contributed by atoms with Gasteiger partial charge in [-0.2, -0.15) is 13.2 Å². The highest BCUT2D eigenvalue weighted by Gasteiger charge is 2.28. The van der Waals surface area contributed by atoms with E-state index in [2.05, 4.69) is 9.73 Å². The van der Waals surface area contributed by atoms with E-state index in [4.69, 9.17) is 0 Å². The number of alkyl halides is 3. The molecule has 16 heavy (non-hydrogen) atoms. The number of benzene rings is 1. The maximum atomic E-state index is 11.8. The summed E-state index contributed by atoms with van der Waals surface area (Å²) in [5.41, 5.74) is 0.464. The van der Waals surface area contributed by atoms with Gasteiger partial charge < -0.3 is 4.74 Å². The number of aliphatic imine (C=N–C) groups is 1. The van der Waals surface area contributed by atoms with E-state index in [1.807, 2.05) is 0 Å². The Labute approximate surface area is 89.6 Å². The number of halogens is 3. The van der Waals surface area contributed by atoms with Gasteiger partial charge in [-0.1, -0.05) is 0 Å². The molecule has 0 aliphatic rings. The number of carbonyl (C=O) groups excluding carboxylic acids is 1. The molecule has 0 aliphatic carbocycles. The number of hydrogen-bond acceptors (Lipinski definition) is 3. The van der Waals surface area contributed by atoms with Crippen molar-refractivity contribution < 1.29 is 22.7 Å². The summed E-state index contributed by atoms with van der Waals surface area (Å²) < 4.78 is 39.9. The van der Waals surface area contributed by atoms with Crippen LogP contribution in [0.2, 0.25) is 0 Å². The molecule has 1 rings (SSSR count). The van der Waals surface area contributed by atoms with Crippen LogP contribution in [0.5, 0.6) is 5.75 Å². The molecule has 6 heteroatoms. The molecule has 0 saturated carbocycles. The van der Waals surface area contributed by atoms with E-state index in [9.17, 15) is 18.0 Å². The second kappa shape index (κ2) is 5.29. The zero-order chi connectivity index (χ0) is 12.0. The fourth-order valence-electron chi connectivity index (χ4n) is 0.910. The Balaban J connectivity index is 2.58. The van der Waals surface area contributed by atoms with Crippen molar-refractivity contribution in [3.05, 3.63) is 24.3 Å². The normalized spacial score (nSPS) is 11.7. The standard InChI is InChI=1S/C10H8F3NO2/c11-10(12,13)7-16-9-3-1-8(2-4-9)14-5-6-15/h1-6H,7H2. The third-order valence-electron chi connectivity index (χ3n) is 1.52. The number of aldehydes is 1. The molecule has 0 spiro atoms. The lowest BCUT2D eigenvalue weighted by molar-refractivity contribution is -0.153. The molecule has 1 aromatic carbocycles. The number of hydrogen-bond donors (Lipinski definition) is 0. The lowest BCUT2D eigenvalue weighted by Crippen LogP contribution is -2.19. The second-order valence-electron chi connectivity index (χ2n) is 2.81. The van der Waals surface area contributed by atoms with E-state index < -0.39 is 12.8 Å². The summed E-state index contributed by atoms with van der Waals surface area (Å²) in [6.07, 6.45) is -2.80. The van der Waals surface area contributed by atoms with Gasteiger partial charge in [-0.05, 0) is 24.3 Å². The highest BCUT2D eigenvalue weighted by molar-refractivity contribution is 6.13. The van der Waals surface area contributed by atoms with Gasteiger partial charge in [0.15, 0.2) is 12.9 Å². The van der Waals surface area contributed by atoms with Crippen molar-refractivity contribution in [2.24, 2.45) is 4.99 Å². The molecule has 0 aliphatic heterocycles. The second-order valence-corrected chi connectivity index (χ2v) is 2.81. The Morgan fingerprint density at radius 1 is 1.25 bits per heavy atom. The van der Waals surface area contributed by atoms with Crippen LogP contribution in [0.4, 0.5) is 18.9 Å². The first kappa shape index (κ1) is 12.2. The summed E-state index contributed by atoms with van der Waals surface area (Å²) in [6.45, 7) is -1.33. The molecule has 0 saturated heterocycles. The Kier molecular flexibility index (Phi) is 4.04. The van der Waals surface area contributed by atoms with Gasteiger partial charge in [0.05, 0.1) is 11.9 Å². The minimum atomic E-state index is -4.35. The molecule has 3 nitrogen and oxygen atoms in total. The van der Waals surface area contributed by atoms with Crippen LogP contribution in [0.1, 0.15) is 0 Å². The number of ether oxygens (including phenoxy) is 1. The van der Waals surface area contributed by atoms with Crippen molar-refractivity contribution in [3.63, 3.8) is 0 Å². The van der Waals surface area contributed by atoms with Gasteiger partial charge >= 0.3 is 6.18 Å². The van der Waals surface area contributed by atoms with E-state index in [0.29, 0.717) is 12.0 Å². The van der Waals surface area contributed by atoms with E-state index in [1.54, 1.807) is 0 Å². The first-order chi connectivity index (χ1) is 7.51. The first-order valence-electron chi connectivity index (χ1n) is 4.29. The topological polar surface area (TPSA) is 38.7 Å². The zero-order valence-corrected chi connectivity index (χ0v) is 8.07. The van der Waals surface area contributed by atoms with E-state index in [1.165, 1.54) is 24.3 Å². The van der Waals surface area contributed by atoms with Crippen LogP contribution in [0, 0.1) is 0 Å². The molecular formula is C10H8F3NO2. The van der Waals surface area contributed by atoms with Gasteiger partial charge in [-0.3, -0.25) is 9.79 Å². The number of rotatable bonds is 4. The summed E-state index contributed by atoms with van der Waals surface area (Å²) in [4.78, 5) is 13.7. The van der Waals surface area contributed by atoms with Crippen LogP contribution in [0.15, 0.2) is 29.3 Å². The number of carbonyl (C=O) groups is 1. The van der Waals surface area contributed by atoms with Crippen LogP contribution in [0.25, 0.3) is 0 Å². The Morgan fingerprint density at radius 3 is 2.38 bits per heavy atom. The van der Waals surface area contributed by atoms with Gasteiger partial charge in [0.2, 0.25) is 0 Å². The average Bonchev–Trinajstić information content (AvgIpc) is 2.24. The predicted octanol–water partition coefficient (Wildman–Crippen LogP) is 2.53. The molecule has 1 aromatic rings. The summed E-state index contributed by atoms with van der Waals surface area (Å²) >= 11 is 0. The van der Waals surface area contributed by atoms with Crippen molar-refractivity contribution in [3.8, 4) is 5.75 Å². The van der Waals surface area contributed by atoms with E-state index in [-0.39, 0.29) is 5.75 Å². The lowest BCUT2D eigenvalue weighted by atomic mass is 10.3. The lowest BCUT2D eigenvalue weighted by Gasteiger charge is -2.08. The largest absolute Gasteiger partial charge is 0.484 e. The molecule has 0 radical (unpaired) electrons. The smallest absolute Gasteiger partial charge is 0.422 e. The molecule has 0 aromatic heterocycles. The quantitative estimate of drug-likeness (QED) is 0.590. The van der Waals surface area contributed by atoms with Gasteiger partial charge in [0.1, 0.15) is 5.75 Å². The molecular weight excluding hydrogens is 223 g/mol. The zero-order valence-electron chi connectivity index (χ0n) is 8.07. The van der Waals surface area contributed by atoms with Gasteiger partial charge in [0, 0.05) is 0 Å².